The maximum Gasteiger partial charge on any atom is 0.319 e. The van der Waals surface area contributed by atoms with Gasteiger partial charge in [-0.05, 0) is 71.9 Å². The number of tetrazole rings is 1. The van der Waals surface area contributed by atoms with Crippen LogP contribution in [0.5, 0.6) is 0 Å². The molecule has 3 heterocycles. The minimum absolute atomic E-state index is 0.0539. The lowest BCUT2D eigenvalue weighted by Crippen LogP contribution is -2.58. The first kappa shape index (κ1) is 28.2. The van der Waals surface area contributed by atoms with E-state index >= 15 is 0 Å². The van der Waals surface area contributed by atoms with Crippen molar-refractivity contribution in [3.63, 3.8) is 0 Å². The Bertz CT molecular complexity index is 1390. The Morgan fingerprint density at radius 3 is 2.56 bits per heavy atom. The van der Waals surface area contributed by atoms with E-state index < -0.39 is 18.0 Å². The number of benzene rings is 2. The van der Waals surface area contributed by atoms with Crippen LogP contribution >= 0.6 is 0 Å². The van der Waals surface area contributed by atoms with Crippen LogP contribution in [0.2, 0.25) is 0 Å². The fourth-order valence-corrected chi connectivity index (χ4v) is 5.83. The SMILES string of the molecule is CC(=O)N1CC[C@@H](NC(=O)Nc2cccc(-c3nnnn3C)c2)C(C(=O)N2CCCC(Cc3ccc(F)cc3)C2)C1. The van der Waals surface area contributed by atoms with Crippen LogP contribution in [0.1, 0.15) is 31.7 Å². The van der Waals surface area contributed by atoms with Gasteiger partial charge in [0.1, 0.15) is 5.82 Å². The van der Waals surface area contributed by atoms with E-state index in [0.717, 1.165) is 30.4 Å². The van der Waals surface area contributed by atoms with Gasteiger partial charge in [-0.2, -0.15) is 0 Å². The smallest absolute Gasteiger partial charge is 0.319 e. The van der Waals surface area contributed by atoms with Gasteiger partial charge >= 0.3 is 6.03 Å². The normalized spacial score (nSPS) is 20.9. The van der Waals surface area contributed by atoms with E-state index in [2.05, 4.69) is 26.2 Å². The van der Waals surface area contributed by atoms with Gasteiger partial charge in [0.25, 0.3) is 0 Å². The van der Waals surface area contributed by atoms with Crippen molar-refractivity contribution in [2.45, 2.75) is 38.6 Å². The maximum atomic E-state index is 13.9. The van der Waals surface area contributed by atoms with Crippen LogP contribution in [-0.4, -0.2) is 80.1 Å². The highest BCUT2D eigenvalue weighted by Gasteiger charge is 2.39. The summed E-state index contributed by atoms with van der Waals surface area (Å²) in [7, 11) is 1.74. The molecule has 3 aromatic rings. The third-order valence-electron chi connectivity index (χ3n) is 7.96. The zero-order chi connectivity index (χ0) is 28.9. The molecule has 0 radical (unpaired) electrons. The number of hydrogen-bond donors (Lipinski definition) is 2. The second kappa shape index (κ2) is 12.4. The Hall–Kier alpha value is -4.35. The zero-order valence-electron chi connectivity index (χ0n) is 23.3. The molecule has 216 valence electrons. The van der Waals surface area contributed by atoms with Crippen LogP contribution in [0.3, 0.4) is 0 Å². The van der Waals surface area contributed by atoms with Gasteiger partial charge in [0, 0.05) is 57.4 Å². The number of urea groups is 1. The lowest BCUT2D eigenvalue weighted by molar-refractivity contribution is -0.142. The van der Waals surface area contributed by atoms with Gasteiger partial charge in [-0.15, -0.1) is 5.10 Å². The second-order valence-electron chi connectivity index (χ2n) is 10.9. The first-order valence-corrected chi connectivity index (χ1v) is 14.0. The number of carbonyl (C=O) groups excluding carboxylic acids is 3. The fraction of sp³-hybridized carbons (Fsp3) is 0.448. The number of amides is 4. The van der Waals surface area contributed by atoms with Gasteiger partial charge in [0.2, 0.25) is 11.8 Å². The summed E-state index contributed by atoms with van der Waals surface area (Å²) in [5.41, 5.74) is 2.35. The molecule has 11 nitrogen and oxygen atoms in total. The maximum absolute atomic E-state index is 13.9. The number of nitrogens with zero attached hydrogens (tertiary/aromatic N) is 6. The highest BCUT2D eigenvalue weighted by atomic mass is 19.1. The molecular weight excluding hydrogens is 527 g/mol. The second-order valence-corrected chi connectivity index (χ2v) is 10.9. The number of halogens is 1. The van der Waals surface area contributed by atoms with E-state index in [1.807, 2.05) is 11.0 Å². The van der Waals surface area contributed by atoms with E-state index in [4.69, 9.17) is 0 Å². The standard InChI is InChI=1S/C29H35FN8O3/c1-19(39)37-14-12-26(32-29(41)31-24-7-3-6-22(16-24)27-33-34-35-36(27)2)25(18-37)28(40)38-13-4-5-21(17-38)15-20-8-10-23(30)11-9-20/h3,6-11,16,21,25-26H,4-5,12-15,17-18H2,1-2H3,(H2,31,32,41)/t21?,25?,26-/m1/s1. The highest BCUT2D eigenvalue weighted by Crippen LogP contribution is 2.26. The lowest BCUT2D eigenvalue weighted by Gasteiger charge is -2.41. The molecule has 0 spiro atoms. The molecule has 4 amide bonds. The molecule has 0 saturated carbocycles. The monoisotopic (exact) mass is 562 g/mol. The number of aromatic nitrogens is 4. The Morgan fingerprint density at radius 1 is 1.02 bits per heavy atom. The van der Waals surface area contributed by atoms with Crippen LogP contribution in [0.15, 0.2) is 48.5 Å². The molecule has 2 unspecified atom stereocenters. The number of hydrogen-bond acceptors (Lipinski definition) is 6. The number of piperidine rings is 2. The summed E-state index contributed by atoms with van der Waals surface area (Å²) in [6.07, 6.45) is 3.10. The van der Waals surface area contributed by atoms with Crippen molar-refractivity contribution < 1.29 is 18.8 Å². The van der Waals surface area contributed by atoms with E-state index in [1.165, 1.54) is 19.1 Å². The van der Waals surface area contributed by atoms with Gasteiger partial charge in [-0.25, -0.2) is 13.9 Å². The summed E-state index contributed by atoms with van der Waals surface area (Å²) < 4.78 is 14.9. The molecule has 0 aliphatic carbocycles. The molecule has 2 aromatic carbocycles. The molecule has 3 atom stereocenters. The number of anilines is 1. The van der Waals surface area contributed by atoms with Gasteiger partial charge < -0.3 is 20.4 Å². The zero-order valence-corrected chi connectivity index (χ0v) is 23.3. The Labute approximate surface area is 238 Å². The lowest BCUT2D eigenvalue weighted by atomic mass is 9.87. The van der Waals surface area contributed by atoms with E-state index in [-0.39, 0.29) is 30.1 Å². The Kier molecular flexibility index (Phi) is 8.55. The molecule has 2 saturated heterocycles. The Balaban J connectivity index is 1.25. The molecule has 0 bridgehead atoms. The molecule has 2 aliphatic rings. The number of rotatable bonds is 6. The molecule has 2 fully saturated rings. The number of carbonyl (C=O) groups is 3. The molecule has 2 aliphatic heterocycles. The molecule has 12 heteroatoms. The summed E-state index contributed by atoms with van der Waals surface area (Å²) in [5.74, 6) is -0.138. The number of nitrogens with one attached hydrogen (secondary N) is 2. The minimum Gasteiger partial charge on any atom is -0.342 e. The van der Waals surface area contributed by atoms with Crippen molar-refractivity contribution in [1.82, 2.24) is 35.3 Å². The van der Waals surface area contributed by atoms with Crippen LogP contribution in [-0.2, 0) is 23.1 Å². The summed E-state index contributed by atoms with van der Waals surface area (Å²) in [5, 5.41) is 17.4. The third kappa shape index (κ3) is 6.87. The minimum atomic E-state index is -0.556. The van der Waals surface area contributed by atoms with Crippen LogP contribution in [0, 0.1) is 17.7 Å². The van der Waals surface area contributed by atoms with Crippen LogP contribution in [0.4, 0.5) is 14.9 Å². The average molecular weight is 563 g/mol. The van der Waals surface area contributed by atoms with E-state index in [0.29, 0.717) is 37.6 Å². The van der Waals surface area contributed by atoms with Crippen LogP contribution in [0.25, 0.3) is 11.4 Å². The van der Waals surface area contributed by atoms with Gasteiger partial charge in [0.05, 0.1) is 5.92 Å². The Morgan fingerprint density at radius 2 is 1.83 bits per heavy atom. The molecule has 2 N–H and O–H groups in total. The van der Waals surface area contributed by atoms with Gasteiger partial charge in [-0.1, -0.05) is 24.3 Å². The quantitative estimate of drug-likeness (QED) is 0.476. The molecular formula is C29H35FN8O3. The first-order chi connectivity index (χ1) is 19.8. The third-order valence-corrected chi connectivity index (χ3v) is 7.96. The van der Waals surface area contributed by atoms with E-state index in [1.54, 1.807) is 47.0 Å². The molecule has 1 aromatic heterocycles. The van der Waals surface area contributed by atoms with Gasteiger partial charge in [0.15, 0.2) is 5.82 Å². The molecule has 5 rings (SSSR count). The van der Waals surface area contributed by atoms with Crippen molar-refractivity contribution in [1.29, 1.82) is 0 Å². The largest absolute Gasteiger partial charge is 0.342 e. The average Bonchev–Trinajstić information content (AvgIpc) is 3.40. The predicted octanol–water partition coefficient (Wildman–Crippen LogP) is 2.86. The van der Waals surface area contributed by atoms with Crippen molar-refractivity contribution >= 4 is 23.5 Å². The first-order valence-electron chi connectivity index (χ1n) is 14.0. The van der Waals surface area contributed by atoms with Crippen molar-refractivity contribution in [3.8, 4) is 11.4 Å². The number of aryl methyl sites for hydroxylation is 1. The number of likely N-dealkylation sites (tertiary alicyclic amines) is 2. The summed E-state index contributed by atoms with van der Waals surface area (Å²) in [6.45, 7) is 3.45. The van der Waals surface area contributed by atoms with Crippen molar-refractivity contribution in [2.24, 2.45) is 18.9 Å². The summed E-state index contributed by atoms with van der Waals surface area (Å²) in [4.78, 5) is 42.7. The van der Waals surface area contributed by atoms with Crippen molar-refractivity contribution in [2.75, 3.05) is 31.5 Å². The predicted molar refractivity (Wildman–Crippen MR) is 150 cm³/mol. The van der Waals surface area contributed by atoms with Crippen molar-refractivity contribution in [3.05, 3.63) is 59.9 Å². The fourth-order valence-electron chi connectivity index (χ4n) is 5.83. The highest BCUT2D eigenvalue weighted by molar-refractivity contribution is 5.91. The summed E-state index contributed by atoms with van der Waals surface area (Å²) >= 11 is 0. The van der Waals surface area contributed by atoms with Crippen LogP contribution < -0.4 is 10.6 Å². The topological polar surface area (TPSA) is 125 Å². The van der Waals surface area contributed by atoms with E-state index in [9.17, 15) is 18.8 Å². The molecule has 41 heavy (non-hydrogen) atoms. The van der Waals surface area contributed by atoms with Gasteiger partial charge in [-0.3, -0.25) is 9.59 Å². The summed E-state index contributed by atoms with van der Waals surface area (Å²) in [6, 6.07) is 12.9.